The number of hydrogen-bond donors (Lipinski definition) is 1. The summed E-state index contributed by atoms with van der Waals surface area (Å²) in [5, 5.41) is 9.04. The van der Waals surface area contributed by atoms with Gasteiger partial charge in [0.2, 0.25) is 0 Å². The molecule has 2 rings (SSSR count). The van der Waals surface area contributed by atoms with Crippen LogP contribution in [-0.2, 0) is 13.2 Å². The number of nitrogens with zero attached hydrogens (tertiary/aromatic N) is 2. The Bertz CT molecular complexity index is 494. The topological polar surface area (TPSA) is 49.5 Å². The molecule has 0 saturated heterocycles. The van der Waals surface area contributed by atoms with Crippen molar-refractivity contribution in [2.75, 3.05) is 11.9 Å². The van der Waals surface area contributed by atoms with Crippen LogP contribution >= 0.6 is 0 Å². The first-order valence-corrected chi connectivity index (χ1v) is 5.51. The monoisotopic (exact) mass is 232 g/mol. The van der Waals surface area contributed by atoms with Crippen LogP contribution in [0.15, 0.2) is 34.9 Å². The number of aromatic nitrogens is 1. The fourth-order valence-electron chi connectivity index (χ4n) is 1.68. The van der Waals surface area contributed by atoms with Crippen molar-refractivity contribution < 1.29 is 9.52 Å². The average Bonchev–Trinajstić information content (AvgIpc) is 2.75. The Hall–Kier alpha value is -1.81. The minimum Gasteiger partial charge on any atom is -0.464 e. The van der Waals surface area contributed by atoms with E-state index in [1.54, 1.807) is 6.20 Å². The first kappa shape index (κ1) is 11.7. The molecule has 0 amide bonds. The minimum atomic E-state index is -0.0401. The highest BCUT2D eigenvalue weighted by atomic mass is 16.3. The van der Waals surface area contributed by atoms with E-state index in [1.807, 2.05) is 38.2 Å². The van der Waals surface area contributed by atoms with E-state index in [9.17, 15) is 0 Å². The summed E-state index contributed by atoms with van der Waals surface area (Å²) in [5.41, 5.74) is 1.68. The third-order valence-electron chi connectivity index (χ3n) is 2.59. The van der Waals surface area contributed by atoms with Crippen LogP contribution in [0.2, 0.25) is 0 Å². The Balaban J connectivity index is 2.11. The van der Waals surface area contributed by atoms with Crippen molar-refractivity contribution in [3.05, 3.63) is 47.7 Å². The van der Waals surface area contributed by atoms with Gasteiger partial charge < -0.3 is 14.4 Å². The van der Waals surface area contributed by atoms with Gasteiger partial charge in [-0.1, -0.05) is 0 Å². The molecular weight excluding hydrogens is 216 g/mol. The number of aliphatic hydroxyl groups is 1. The number of aliphatic hydroxyl groups excluding tert-OH is 1. The number of anilines is 1. The molecule has 2 aromatic heterocycles. The van der Waals surface area contributed by atoms with Crippen LogP contribution in [0.1, 0.15) is 17.2 Å². The van der Waals surface area contributed by atoms with Gasteiger partial charge in [-0.25, -0.2) is 0 Å². The molecular formula is C13H16N2O2. The lowest BCUT2D eigenvalue weighted by molar-refractivity contribution is 0.277. The van der Waals surface area contributed by atoms with Crippen LogP contribution in [0.5, 0.6) is 0 Å². The molecule has 4 nitrogen and oxygen atoms in total. The summed E-state index contributed by atoms with van der Waals surface area (Å²) in [5.74, 6) is 1.84. The summed E-state index contributed by atoms with van der Waals surface area (Å²) in [4.78, 5) is 6.11. The highest BCUT2D eigenvalue weighted by molar-refractivity contribution is 5.45. The van der Waals surface area contributed by atoms with Gasteiger partial charge in [0.15, 0.2) is 0 Å². The molecule has 0 aliphatic heterocycles. The van der Waals surface area contributed by atoms with Crippen molar-refractivity contribution in [2.24, 2.45) is 0 Å². The van der Waals surface area contributed by atoms with Crippen LogP contribution in [0, 0.1) is 6.92 Å². The van der Waals surface area contributed by atoms with E-state index in [0.29, 0.717) is 12.2 Å². The predicted molar refractivity (Wildman–Crippen MR) is 65.7 cm³/mol. The lowest BCUT2D eigenvalue weighted by Crippen LogP contribution is -2.16. The van der Waals surface area contributed by atoms with Crippen LogP contribution < -0.4 is 4.90 Å². The summed E-state index contributed by atoms with van der Waals surface area (Å²) in [7, 11) is 1.98. The standard InChI is InChI=1S/C13H16N2O2/c1-10-3-4-13(17-10)8-15(2)12-5-6-14-11(7-12)9-16/h3-7,16H,8-9H2,1-2H3. The molecule has 0 aliphatic carbocycles. The second-order valence-electron chi connectivity index (χ2n) is 4.03. The van der Waals surface area contributed by atoms with E-state index >= 15 is 0 Å². The van der Waals surface area contributed by atoms with Crippen LogP contribution in [-0.4, -0.2) is 17.1 Å². The Kier molecular flexibility index (Phi) is 3.44. The van der Waals surface area contributed by atoms with E-state index in [0.717, 1.165) is 17.2 Å². The van der Waals surface area contributed by atoms with E-state index in [1.165, 1.54) is 0 Å². The Labute approximate surface area is 101 Å². The van der Waals surface area contributed by atoms with Crippen molar-refractivity contribution in [3.8, 4) is 0 Å². The van der Waals surface area contributed by atoms with Crippen LogP contribution in [0.4, 0.5) is 5.69 Å². The molecule has 17 heavy (non-hydrogen) atoms. The molecule has 90 valence electrons. The highest BCUT2D eigenvalue weighted by Crippen LogP contribution is 2.17. The average molecular weight is 232 g/mol. The van der Waals surface area contributed by atoms with Gasteiger partial charge in [-0.05, 0) is 31.2 Å². The van der Waals surface area contributed by atoms with E-state index in [4.69, 9.17) is 9.52 Å². The first-order valence-electron chi connectivity index (χ1n) is 5.51. The maximum atomic E-state index is 9.04. The van der Waals surface area contributed by atoms with E-state index in [2.05, 4.69) is 9.88 Å². The zero-order valence-electron chi connectivity index (χ0n) is 10.1. The molecule has 0 atom stereocenters. The van der Waals surface area contributed by atoms with E-state index < -0.39 is 0 Å². The number of hydrogen-bond acceptors (Lipinski definition) is 4. The smallest absolute Gasteiger partial charge is 0.123 e. The van der Waals surface area contributed by atoms with Gasteiger partial charge in [-0.15, -0.1) is 0 Å². The zero-order valence-corrected chi connectivity index (χ0v) is 10.1. The summed E-state index contributed by atoms with van der Waals surface area (Å²) in [6, 6.07) is 7.71. The maximum absolute atomic E-state index is 9.04. The van der Waals surface area contributed by atoms with Gasteiger partial charge >= 0.3 is 0 Å². The number of aryl methyl sites for hydroxylation is 1. The Morgan fingerprint density at radius 1 is 1.35 bits per heavy atom. The van der Waals surface area contributed by atoms with Crippen molar-refractivity contribution in [1.82, 2.24) is 4.98 Å². The van der Waals surface area contributed by atoms with Crippen molar-refractivity contribution in [2.45, 2.75) is 20.1 Å². The fraction of sp³-hybridized carbons (Fsp3) is 0.308. The third-order valence-corrected chi connectivity index (χ3v) is 2.59. The number of furan rings is 1. The molecule has 0 bridgehead atoms. The first-order chi connectivity index (χ1) is 8.19. The van der Waals surface area contributed by atoms with Crippen molar-refractivity contribution in [3.63, 3.8) is 0 Å². The highest BCUT2D eigenvalue weighted by Gasteiger charge is 2.06. The number of rotatable bonds is 4. The Morgan fingerprint density at radius 3 is 2.82 bits per heavy atom. The van der Waals surface area contributed by atoms with Gasteiger partial charge in [0.1, 0.15) is 11.5 Å². The summed E-state index contributed by atoms with van der Waals surface area (Å²) < 4.78 is 5.53. The van der Waals surface area contributed by atoms with Gasteiger partial charge in [-0.3, -0.25) is 4.98 Å². The SMILES string of the molecule is Cc1ccc(CN(C)c2ccnc(CO)c2)o1. The Morgan fingerprint density at radius 2 is 2.18 bits per heavy atom. The van der Waals surface area contributed by atoms with Crippen LogP contribution in [0.3, 0.4) is 0 Å². The van der Waals surface area contributed by atoms with E-state index in [-0.39, 0.29) is 6.61 Å². The minimum absolute atomic E-state index is 0.0401. The number of pyridine rings is 1. The summed E-state index contributed by atoms with van der Waals surface area (Å²) in [6.45, 7) is 2.59. The molecule has 0 radical (unpaired) electrons. The zero-order chi connectivity index (χ0) is 12.3. The fourth-order valence-corrected chi connectivity index (χ4v) is 1.68. The normalized spacial score (nSPS) is 10.5. The quantitative estimate of drug-likeness (QED) is 0.877. The molecule has 2 heterocycles. The second-order valence-corrected chi connectivity index (χ2v) is 4.03. The summed E-state index contributed by atoms with van der Waals surface area (Å²) >= 11 is 0. The largest absolute Gasteiger partial charge is 0.464 e. The molecule has 0 unspecified atom stereocenters. The molecule has 0 fully saturated rings. The molecule has 0 spiro atoms. The van der Waals surface area contributed by atoms with Gasteiger partial charge in [-0.2, -0.15) is 0 Å². The lowest BCUT2D eigenvalue weighted by Gasteiger charge is -2.18. The van der Waals surface area contributed by atoms with Gasteiger partial charge in [0.05, 0.1) is 18.8 Å². The van der Waals surface area contributed by atoms with Crippen LogP contribution in [0.25, 0.3) is 0 Å². The van der Waals surface area contributed by atoms with Crippen molar-refractivity contribution in [1.29, 1.82) is 0 Å². The van der Waals surface area contributed by atoms with Gasteiger partial charge in [0, 0.05) is 18.9 Å². The summed E-state index contributed by atoms with van der Waals surface area (Å²) in [6.07, 6.45) is 1.70. The molecule has 0 saturated carbocycles. The molecule has 0 aromatic carbocycles. The second kappa shape index (κ2) is 5.01. The predicted octanol–water partition coefficient (Wildman–Crippen LogP) is 2.11. The van der Waals surface area contributed by atoms with Gasteiger partial charge in [0.25, 0.3) is 0 Å². The third kappa shape index (κ3) is 2.85. The molecule has 2 aromatic rings. The lowest BCUT2D eigenvalue weighted by atomic mass is 10.3. The maximum Gasteiger partial charge on any atom is 0.123 e. The molecule has 4 heteroatoms. The van der Waals surface area contributed by atoms with Crippen molar-refractivity contribution >= 4 is 5.69 Å². The molecule has 0 aliphatic rings. The molecule has 1 N–H and O–H groups in total.